The van der Waals surface area contributed by atoms with E-state index in [9.17, 15) is 14.0 Å². The third-order valence-corrected chi connectivity index (χ3v) is 4.47. The highest BCUT2D eigenvalue weighted by molar-refractivity contribution is 6.38. The largest absolute Gasteiger partial charge is 0.481 e. The molecule has 1 aromatic carbocycles. The fraction of sp³-hybridized carbons (Fsp3) is 0.333. The molecular formula is C15H14ClFN2O3. The fourth-order valence-electron chi connectivity index (χ4n) is 2.96. The lowest BCUT2D eigenvalue weighted by molar-refractivity contribution is -0.142. The quantitative estimate of drug-likeness (QED) is 0.811. The average molecular weight is 325 g/mol. The topological polar surface area (TPSA) is 82.2 Å². The van der Waals surface area contributed by atoms with E-state index in [0.29, 0.717) is 23.7 Å². The van der Waals surface area contributed by atoms with Crippen molar-refractivity contribution < 1.29 is 19.1 Å². The van der Waals surface area contributed by atoms with E-state index in [-0.39, 0.29) is 10.7 Å². The van der Waals surface area contributed by atoms with Gasteiger partial charge >= 0.3 is 5.97 Å². The molecule has 0 radical (unpaired) electrons. The lowest BCUT2D eigenvalue weighted by Crippen LogP contribution is -2.40. The number of hydrogen-bond acceptors (Lipinski definition) is 2. The average Bonchev–Trinajstić information content (AvgIpc) is 3.04. The SMILES string of the molecule is O=C(N[C@H]1CCC[C@H]1C(=O)O)c1[nH]c2ccc(F)cc2c1Cl. The van der Waals surface area contributed by atoms with Crippen LogP contribution >= 0.6 is 11.6 Å². The van der Waals surface area contributed by atoms with Gasteiger partial charge in [0.2, 0.25) is 0 Å². The number of benzene rings is 1. The Morgan fingerprint density at radius 3 is 2.86 bits per heavy atom. The van der Waals surface area contributed by atoms with E-state index in [0.717, 1.165) is 6.42 Å². The summed E-state index contributed by atoms with van der Waals surface area (Å²) in [6.45, 7) is 0. The molecule has 1 amide bonds. The maximum Gasteiger partial charge on any atom is 0.308 e. The van der Waals surface area contributed by atoms with Gasteiger partial charge in [-0.3, -0.25) is 9.59 Å². The van der Waals surface area contributed by atoms with Crippen molar-refractivity contribution in [2.45, 2.75) is 25.3 Å². The Bertz CT molecular complexity index is 759. The third-order valence-electron chi connectivity index (χ3n) is 4.07. The van der Waals surface area contributed by atoms with E-state index in [1.165, 1.54) is 18.2 Å². The van der Waals surface area contributed by atoms with Gasteiger partial charge in [0.1, 0.15) is 11.5 Å². The number of carbonyl (C=O) groups excluding carboxylic acids is 1. The highest BCUT2D eigenvalue weighted by Crippen LogP contribution is 2.30. The molecule has 5 nitrogen and oxygen atoms in total. The molecule has 0 saturated heterocycles. The summed E-state index contributed by atoms with van der Waals surface area (Å²) in [5, 5.41) is 12.4. The van der Waals surface area contributed by atoms with Gasteiger partial charge < -0.3 is 15.4 Å². The Hall–Kier alpha value is -2.08. The first-order valence-electron chi connectivity index (χ1n) is 6.98. The highest BCUT2D eigenvalue weighted by atomic mass is 35.5. The second kappa shape index (κ2) is 5.61. The summed E-state index contributed by atoms with van der Waals surface area (Å²) >= 11 is 6.13. The number of aromatic nitrogens is 1. The van der Waals surface area contributed by atoms with Gasteiger partial charge in [-0.15, -0.1) is 0 Å². The monoisotopic (exact) mass is 324 g/mol. The van der Waals surface area contributed by atoms with Crippen molar-refractivity contribution in [1.29, 1.82) is 0 Å². The summed E-state index contributed by atoms with van der Waals surface area (Å²) in [5.74, 6) is -2.40. The summed E-state index contributed by atoms with van der Waals surface area (Å²) in [4.78, 5) is 26.3. The zero-order valence-electron chi connectivity index (χ0n) is 11.5. The summed E-state index contributed by atoms with van der Waals surface area (Å²) < 4.78 is 13.3. The van der Waals surface area contributed by atoms with Crippen LogP contribution in [0.25, 0.3) is 10.9 Å². The van der Waals surface area contributed by atoms with Crippen molar-refractivity contribution in [3.05, 3.63) is 34.7 Å². The number of carboxylic acid groups (broad SMARTS) is 1. The molecular weight excluding hydrogens is 311 g/mol. The molecule has 3 rings (SSSR count). The van der Waals surface area contributed by atoms with Crippen LogP contribution in [-0.4, -0.2) is 28.0 Å². The zero-order valence-corrected chi connectivity index (χ0v) is 12.3. The van der Waals surface area contributed by atoms with Gasteiger partial charge in [-0.25, -0.2) is 4.39 Å². The van der Waals surface area contributed by atoms with Gasteiger partial charge in [-0.1, -0.05) is 18.0 Å². The van der Waals surface area contributed by atoms with Crippen LogP contribution in [0, 0.1) is 11.7 Å². The first kappa shape index (κ1) is 14.8. The number of halogens is 2. The van der Waals surface area contributed by atoms with Crippen molar-refractivity contribution in [3.8, 4) is 0 Å². The molecule has 22 heavy (non-hydrogen) atoms. The number of carboxylic acids is 1. The summed E-state index contributed by atoms with van der Waals surface area (Å²) in [5.41, 5.74) is 0.677. The Labute approximate surface area is 130 Å². The van der Waals surface area contributed by atoms with E-state index in [2.05, 4.69) is 10.3 Å². The van der Waals surface area contributed by atoms with Crippen molar-refractivity contribution in [1.82, 2.24) is 10.3 Å². The number of nitrogens with one attached hydrogen (secondary N) is 2. The van der Waals surface area contributed by atoms with E-state index in [4.69, 9.17) is 16.7 Å². The zero-order chi connectivity index (χ0) is 15.9. The smallest absolute Gasteiger partial charge is 0.308 e. The molecule has 0 bridgehead atoms. The molecule has 0 spiro atoms. The van der Waals surface area contributed by atoms with Crippen LogP contribution in [0.5, 0.6) is 0 Å². The minimum atomic E-state index is -0.910. The van der Waals surface area contributed by atoms with Crippen LogP contribution in [0.1, 0.15) is 29.8 Å². The van der Waals surface area contributed by atoms with E-state index in [1.807, 2.05) is 0 Å². The van der Waals surface area contributed by atoms with Crippen molar-refractivity contribution in [2.75, 3.05) is 0 Å². The Morgan fingerprint density at radius 2 is 2.14 bits per heavy atom. The molecule has 2 aromatic rings. The maximum atomic E-state index is 13.3. The van der Waals surface area contributed by atoms with Gasteiger partial charge in [-0.2, -0.15) is 0 Å². The number of fused-ring (bicyclic) bond motifs is 1. The van der Waals surface area contributed by atoms with Gasteiger partial charge in [0.15, 0.2) is 0 Å². The number of amides is 1. The molecule has 2 atom stereocenters. The minimum Gasteiger partial charge on any atom is -0.481 e. The Morgan fingerprint density at radius 1 is 1.36 bits per heavy atom. The predicted molar refractivity (Wildman–Crippen MR) is 79.5 cm³/mol. The van der Waals surface area contributed by atoms with E-state index in [1.54, 1.807) is 0 Å². The third kappa shape index (κ3) is 2.54. The molecule has 0 aliphatic heterocycles. The second-order valence-electron chi connectivity index (χ2n) is 5.46. The minimum absolute atomic E-state index is 0.123. The standard InChI is InChI=1S/C15H14ClFN2O3/c16-12-9-6-7(17)4-5-11(9)18-13(12)14(20)19-10-3-1-2-8(10)15(21)22/h4-6,8,10,18H,1-3H2,(H,19,20)(H,21,22)/t8-,10+/m1/s1. The lowest BCUT2D eigenvalue weighted by atomic mass is 10.0. The van der Waals surface area contributed by atoms with Crippen molar-refractivity contribution in [3.63, 3.8) is 0 Å². The molecule has 0 unspecified atom stereocenters. The molecule has 1 saturated carbocycles. The number of aliphatic carboxylic acids is 1. The number of H-pyrrole nitrogens is 1. The number of aromatic amines is 1. The second-order valence-corrected chi connectivity index (χ2v) is 5.84. The van der Waals surface area contributed by atoms with Crippen LogP contribution in [0.15, 0.2) is 18.2 Å². The number of hydrogen-bond donors (Lipinski definition) is 3. The maximum absolute atomic E-state index is 13.3. The molecule has 3 N–H and O–H groups in total. The molecule has 1 fully saturated rings. The summed E-state index contributed by atoms with van der Waals surface area (Å²) in [6.07, 6.45) is 1.93. The summed E-state index contributed by atoms with van der Waals surface area (Å²) in [6, 6.07) is 3.61. The van der Waals surface area contributed by atoms with Crippen LogP contribution in [0.2, 0.25) is 5.02 Å². The number of rotatable bonds is 3. The highest BCUT2D eigenvalue weighted by Gasteiger charge is 2.34. The van der Waals surface area contributed by atoms with Crippen LogP contribution in [-0.2, 0) is 4.79 Å². The first-order valence-corrected chi connectivity index (χ1v) is 7.35. The molecule has 1 heterocycles. The van der Waals surface area contributed by atoms with Gasteiger partial charge in [-0.05, 0) is 31.0 Å². The van der Waals surface area contributed by atoms with Gasteiger partial charge in [0.05, 0.1) is 10.9 Å². The van der Waals surface area contributed by atoms with Crippen molar-refractivity contribution in [2.24, 2.45) is 5.92 Å². The van der Waals surface area contributed by atoms with Gasteiger partial charge in [0.25, 0.3) is 5.91 Å². The normalized spacial score (nSPS) is 21.2. The molecule has 1 aromatic heterocycles. The van der Waals surface area contributed by atoms with Gasteiger partial charge in [0, 0.05) is 16.9 Å². The van der Waals surface area contributed by atoms with E-state index < -0.39 is 29.7 Å². The molecule has 116 valence electrons. The van der Waals surface area contributed by atoms with Crippen LogP contribution in [0.3, 0.4) is 0 Å². The van der Waals surface area contributed by atoms with E-state index >= 15 is 0 Å². The Balaban J connectivity index is 1.86. The van der Waals surface area contributed by atoms with Crippen LogP contribution in [0.4, 0.5) is 4.39 Å². The Kier molecular flexibility index (Phi) is 3.78. The summed E-state index contributed by atoms with van der Waals surface area (Å²) in [7, 11) is 0. The van der Waals surface area contributed by atoms with Crippen LogP contribution < -0.4 is 5.32 Å². The first-order chi connectivity index (χ1) is 10.5. The molecule has 1 aliphatic rings. The molecule has 7 heteroatoms. The number of carbonyl (C=O) groups is 2. The predicted octanol–water partition coefficient (Wildman–Crippen LogP) is 2.94. The molecule has 1 aliphatic carbocycles. The lowest BCUT2D eigenvalue weighted by Gasteiger charge is -2.17. The van der Waals surface area contributed by atoms with Crippen molar-refractivity contribution >= 4 is 34.4 Å². The fourth-order valence-corrected chi connectivity index (χ4v) is 3.25.